The number of aliphatic hydroxyl groups excluding tert-OH is 1. The van der Waals surface area contributed by atoms with E-state index < -0.39 is 0 Å². The van der Waals surface area contributed by atoms with Crippen LogP contribution in [0.4, 0.5) is 0 Å². The highest BCUT2D eigenvalue weighted by atomic mass is 16.5. The summed E-state index contributed by atoms with van der Waals surface area (Å²) < 4.78 is 5.02. The number of ether oxygens (including phenoxy) is 1. The molecule has 18 heavy (non-hydrogen) atoms. The van der Waals surface area contributed by atoms with Gasteiger partial charge in [-0.05, 0) is 30.9 Å². The predicted molar refractivity (Wildman–Crippen MR) is 72.6 cm³/mol. The SMILES string of the molecule is CCCC(CCO)CNCc1ccc(OC)nc1. The van der Waals surface area contributed by atoms with Crippen molar-refractivity contribution in [2.75, 3.05) is 20.3 Å². The Labute approximate surface area is 109 Å². The molecular weight excluding hydrogens is 228 g/mol. The van der Waals surface area contributed by atoms with Crippen molar-refractivity contribution in [2.45, 2.75) is 32.7 Å². The zero-order valence-corrected chi connectivity index (χ0v) is 11.4. The summed E-state index contributed by atoms with van der Waals surface area (Å²) in [5, 5.41) is 12.4. The number of hydrogen-bond acceptors (Lipinski definition) is 4. The molecule has 0 bridgehead atoms. The second-order valence-electron chi connectivity index (χ2n) is 4.51. The highest BCUT2D eigenvalue weighted by Gasteiger charge is 2.06. The van der Waals surface area contributed by atoms with Crippen molar-refractivity contribution in [1.29, 1.82) is 0 Å². The highest BCUT2D eigenvalue weighted by molar-refractivity contribution is 5.17. The fraction of sp³-hybridized carbons (Fsp3) is 0.643. The van der Waals surface area contributed by atoms with E-state index in [9.17, 15) is 0 Å². The molecule has 0 saturated carbocycles. The second-order valence-corrected chi connectivity index (χ2v) is 4.51. The van der Waals surface area contributed by atoms with Gasteiger partial charge in [0, 0.05) is 25.4 Å². The van der Waals surface area contributed by atoms with E-state index in [1.165, 1.54) is 0 Å². The van der Waals surface area contributed by atoms with E-state index >= 15 is 0 Å². The van der Waals surface area contributed by atoms with Crippen LogP contribution in [0.5, 0.6) is 5.88 Å². The second kappa shape index (κ2) is 8.89. The molecule has 0 amide bonds. The Morgan fingerprint density at radius 3 is 2.78 bits per heavy atom. The van der Waals surface area contributed by atoms with Gasteiger partial charge >= 0.3 is 0 Å². The maximum Gasteiger partial charge on any atom is 0.212 e. The molecule has 0 spiro atoms. The number of nitrogens with zero attached hydrogens (tertiary/aromatic N) is 1. The summed E-state index contributed by atoms with van der Waals surface area (Å²) in [6.45, 7) is 4.21. The lowest BCUT2D eigenvalue weighted by atomic mass is 10.0. The quantitative estimate of drug-likeness (QED) is 0.705. The Morgan fingerprint density at radius 2 is 2.22 bits per heavy atom. The topological polar surface area (TPSA) is 54.4 Å². The van der Waals surface area contributed by atoms with Crippen LogP contribution in [0.3, 0.4) is 0 Å². The summed E-state index contributed by atoms with van der Waals surface area (Å²) in [4.78, 5) is 4.17. The molecule has 1 aromatic rings. The Bertz CT molecular complexity index is 308. The van der Waals surface area contributed by atoms with Gasteiger partial charge in [-0.3, -0.25) is 0 Å². The summed E-state index contributed by atoms with van der Waals surface area (Å²) in [6.07, 6.45) is 5.03. The lowest BCUT2D eigenvalue weighted by molar-refractivity contribution is 0.248. The average molecular weight is 252 g/mol. The smallest absolute Gasteiger partial charge is 0.212 e. The Balaban J connectivity index is 2.30. The van der Waals surface area contributed by atoms with E-state index in [0.29, 0.717) is 11.8 Å². The maximum atomic E-state index is 8.99. The number of aromatic nitrogens is 1. The molecule has 0 aliphatic rings. The third-order valence-corrected chi connectivity index (χ3v) is 3.00. The van der Waals surface area contributed by atoms with Crippen LogP contribution in [0.25, 0.3) is 0 Å². The number of hydrogen-bond donors (Lipinski definition) is 2. The number of pyridine rings is 1. The predicted octanol–water partition coefficient (Wildman–Crippen LogP) is 1.98. The summed E-state index contributed by atoms with van der Waals surface area (Å²) >= 11 is 0. The molecule has 1 aromatic heterocycles. The molecule has 0 saturated heterocycles. The first kappa shape index (κ1) is 14.9. The Hall–Kier alpha value is -1.13. The van der Waals surface area contributed by atoms with E-state index in [-0.39, 0.29) is 6.61 Å². The third kappa shape index (κ3) is 5.47. The molecule has 4 nitrogen and oxygen atoms in total. The first-order valence-corrected chi connectivity index (χ1v) is 6.60. The molecule has 1 unspecified atom stereocenters. The Kier molecular flexibility index (Phi) is 7.37. The van der Waals surface area contributed by atoms with Crippen molar-refractivity contribution in [3.8, 4) is 5.88 Å². The molecule has 1 atom stereocenters. The standard InChI is InChI=1S/C14H24N2O2/c1-3-4-12(7-8-17)9-15-10-13-5-6-14(18-2)16-11-13/h5-6,11-12,15,17H,3-4,7-10H2,1-2H3. The molecule has 1 rings (SSSR count). The van der Waals surface area contributed by atoms with Gasteiger partial charge in [0.15, 0.2) is 0 Å². The van der Waals surface area contributed by atoms with Gasteiger partial charge in [-0.25, -0.2) is 4.98 Å². The molecule has 0 aliphatic carbocycles. The number of methoxy groups -OCH3 is 1. The Morgan fingerprint density at radius 1 is 1.39 bits per heavy atom. The first-order valence-electron chi connectivity index (χ1n) is 6.60. The van der Waals surface area contributed by atoms with Crippen LogP contribution in [0.2, 0.25) is 0 Å². The van der Waals surface area contributed by atoms with Crippen LogP contribution in [0.1, 0.15) is 31.7 Å². The van der Waals surface area contributed by atoms with Gasteiger partial charge in [0.25, 0.3) is 0 Å². The zero-order valence-electron chi connectivity index (χ0n) is 11.4. The van der Waals surface area contributed by atoms with Crippen LogP contribution < -0.4 is 10.1 Å². The van der Waals surface area contributed by atoms with Gasteiger partial charge in [-0.2, -0.15) is 0 Å². The van der Waals surface area contributed by atoms with E-state index in [1.807, 2.05) is 18.3 Å². The van der Waals surface area contributed by atoms with Gasteiger partial charge in [-0.15, -0.1) is 0 Å². The van der Waals surface area contributed by atoms with Crippen LogP contribution in [-0.4, -0.2) is 30.4 Å². The minimum atomic E-state index is 0.274. The van der Waals surface area contributed by atoms with Crippen LogP contribution in [-0.2, 0) is 6.54 Å². The number of nitrogens with one attached hydrogen (secondary N) is 1. The van der Waals surface area contributed by atoms with E-state index in [4.69, 9.17) is 9.84 Å². The van der Waals surface area contributed by atoms with Crippen molar-refractivity contribution >= 4 is 0 Å². The van der Waals surface area contributed by atoms with Crippen molar-refractivity contribution in [3.05, 3.63) is 23.9 Å². The number of aliphatic hydroxyl groups is 1. The lowest BCUT2D eigenvalue weighted by Crippen LogP contribution is -2.23. The molecule has 0 fully saturated rings. The van der Waals surface area contributed by atoms with Crippen molar-refractivity contribution in [3.63, 3.8) is 0 Å². The van der Waals surface area contributed by atoms with Crippen LogP contribution in [0.15, 0.2) is 18.3 Å². The monoisotopic (exact) mass is 252 g/mol. The fourth-order valence-electron chi connectivity index (χ4n) is 2.00. The van der Waals surface area contributed by atoms with Gasteiger partial charge in [0.05, 0.1) is 7.11 Å². The molecule has 0 aromatic carbocycles. The van der Waals surface area contributed by atoms with E-state index in [0.717, 1.165) is 37.9 Å². The lowest BCUT2D eigenvalue weighted by Gasteiger charge is -2.15. The molecular formula is C14H24N2O2. The number of rotatable bonds is 9. The first-order chi connectivity index (χ1) is 8.80. The van der Waals surface area contributed by atoms with Crippen molar-refractivity contribution in [1.82, 2.24) is 10.3 Å². The average Bonchev–Trinajstić information content (AvgIpc) is 2.40. The van der Waals surface area contributed by atoms with Crippen molar-refractivity contribution in [2.24, 2.45) is 5.92 Å². The molecule has 0 radical (unpaired) electrons. The minimum absolute atomic E-state index is 0.274. The minimum Gasteiger partial charge on any atom is -0.481 e. The summed E-state index contributed by atoms with van der Waals surface area (Å²) in [5.41, 5.74) is 1.15. The van der Waals surface area contributed by atoms with Gasteiger partial charge in [-0.1, -0.05) is 19.4 Å². The molecule has 102 valence electrons. The third-order valence-electron chi connectivity index (χ3n) is 3.00. The van der Waals surface area contributed by atoms with E-state index in [2.05, 4.69) is 17.2 Å². The summed E-state index contributed by atoms with van der Waals surface area (Å²) in [5.74, 6) is 1.20. The zero-order chi connectivity index (χ0) is 13.2. The molecule has 2 N–H and O–H groups in total. The van der Waals surface area contributed by atoms with Crippen LogP contribution >= 0.6 is 0 Å². The largest absolute Gasteiger partial charge is 0.481 e. The van der Waals surface area contributed by atoms with Gasteiger partial charge in [0.1, 0.15) is 0 Å². The fourth-order valence-corrected chi connectivity index (χ4v) is 2.00. The van der Waals surface area contributed by atoms with E-state index in [1.54, 1.807) is 7.11 Å². The molecule has 4 heteroatoms. The maximum absolute atomic E-state index is 8.99. The van der Waals surface area contributed by atoms with Gasteiger partial charge < -0.3 is 15.2 Å². The summed E-state index contributed by atoms with van der Waals surface area (Å²) in [7, 11) is 1.62. The molecule has 0 aliphatic heterocycles. The molecule has 1 heterocycles. The summed E-state index contributed by atoms with van der Waals surface area (Å²) in [6, 6.07) is 3.88. The van der Waals surface area contributed by atoms with Gasteiger partial charge in [0.2, 0.25) is 5.88 Å². The normalized spacial score (nSPS) is 12.4. The van der Waals surface area contributed by atoms with Crippen LogP contribution in [0, 0.1) is 5.92 Å². The highest BCUT2D eigenvalue weighted by Crippen LogP contribution is 2.10. The van der Waals surface area contributed by atoms with Crippen molar-refractivity contribution < 1.29 is 9.84 Å².